The monoisotopic (exact) mass is 288 g/mol. The maximum atomic E-state index is 10.3. The van der Waals surface area contributed by atoms with Gasteiger partial charge in [-0.15, -0.1) is 0 Å². The summed E-state index contributed by atoms with van der Waals surface area (Å²) in [7, 11) is 0. The molecule has 0 aromatic heterocycles. The van der Waals surface area contributed by atoms with Crippen LogP contribution in [-0.2, 0) is 4.79 Å². The van der Waals surface area contributed by atoms with E-state index >= 15 is 0 Å². The average molecular weight is 288 g/mol. The van der Waals surface area contributed by atoms with Gasteiger partial charge in [0.15, 0.2) is 0 Å². The van der Waals surface area contributed by atoms with Gasteiger partial charge in [0, 0.05) is 45.7 Å². The highest BCUT2D eigenvalue weighted by Gasteiger charge is 1.95. The van der Waals surface area contributed by atoms with Crippen LogP contribution in [-0.4, -0.2) is 63.4 Å². The zero-order valence-corrected chi connectivity index (χ0v) is 12.8. The van der Waals surface area contributed by atoms with Crippen LogP contribution >= 0.6 is 0 Å². The summed E-state index contributed by atoms with van der Waals surface area (Å²) in [6, 6.07) is 0. The molecule has 0 heterocycles. The zero-order valence-electron chi connectivity index (χ0n) is 12.8. The van der Waals surface area contributed by atoms with E-state index in [-0.39, 0.29) is 0 Å². The maximum absolute atomic E-state index is 10.3. The molecule has 6 heteroatoms. The quantitative estimate of drug-likeness (QED) is 0.257. The van der Waals surface area contributed by atoms with Gasteiger partial charge in [-0.25, -0.2) is 0 Å². The lowest BCUT2D eigenvalue weighted by molar-refractivity contribution is -0.137. The number of carboxylic acid groups (broad SMARTS) is 1. The lowest BCUT2D eigenvalue weighted by Gasteiger charge is -2.08. The molecule has 0 aliphatic carbocycles. The molecule has 0 atom stereocenters. The van der Waals surface area contributed by atoms with Crippen molar-refractivity contribution >= 4 is 5.97 Å². The molecule has 0 aliphatic heterocycles. The molecular formula is C14H32N4O2. The fourth-order valence-electron chi connectivity index (χ4n) is 1.79. The molecule has 5 N–H and O–H groups in total. The second-order valence-corrected chi connectivity index (χ2v) is 4.81. The molecule has 0 rings (SSSR count). The van der Waals surface area contributed by atoms with E-state index in [9.17, 15) is 4.79 Å². The van der Waals surface area contributed by atoms with Gasteiger partial charge in [-0.1, -0.05) is 13.3 Å². The number of unbranched alkanes of at least 4 members (excludes halogenated alkanes) is 2. The molecule has 0 radical (unpaired) electrons. The predicted molar refractivity (Wildman–Crippen MR) is 83.3 cm³/mol. The van der Waals surface area contributed by atoms with Gasteiger partial charge < -0.3 is 26.4 Å². The fourth-order valence-corrected chi connectivity index (χ4v) is 1.79. The summed E-state index contributed by atoms with van der Waals surface area (Å²) in [6.45, 7) is 10.1. The SMILES string of the molecule is CCNCCNCCNCCNCCCCCC(=O)O. The third-order valence-electron chi connectivity index (χ3n) is 2.93. The van der Waals surface area contributed by atoms with Crippen molar-refractivity contribution in [3.8, 4) is 0 Å². The van der Waals surface area contributed by atoms with Crippen molar-refractivity contribution in [1.29, 1.82) is 0 Å². The molecule has 0 aromatic carbocycles. The van der Waals surface area contributed by atoms with Gasteiger partial charge in [0.05, 0.1) is 0 Å². The van der Waals surface area contributed by atoms with E-state index in [0.717, 1.165) is 71.6 Å². The number of rotatable bonds is 16. The van der Waals surface area contributed by atoms with Gasteiger partial charge >= 0.3 is 5.97 Å². The van der Waals surface area contributed by atoms with Crippen molar-refractivity contribution in [1.82, 2.24) is 21.3 Å². The van der Waals surface area contributed by atoms with Gasteiger partial charge in [-0.05, 0) is 25.9 Å². The fraction of sp³-hybridized carbons (Fsp3) is 0.929. The minimum Gasteiger partial charge on any atom is -0.481 e. The largest absolute Gasteiger partial charge is 0.481 e. The summed E-state index contributed by atoms with van der Waals surface area (Å²) < 4.78 is 0. The Bertz CT molecular complexity index is 215. The van der Waals surface area contributed by atoms with Crippen LogP contribution in [0.25, 0.3) is 0 Å². The molecule has 120 valence electrons. The highest BCUT2D eigenvalue weighted by atomic mass is 16.4. The Morgan fingerprint density at radius 1 is 0.750 bits per heavy atom. The summed E-state index contributed by atoms with van der Waals surface area (Å²) in [4.78, 5) is 10.3. The summed E-state index contributed by atoms with van der Waals surface area (Å²) in [5.74, 6) is -0.693. The van der Waals surface area contributed by atoms with E-state index in [0.29, 0.717) is 6.42 Å². The number of aliphatic carboxylic acids is 1. The van der Waals surface area contributed by atoms with Crippen molar-refractivity contribution < 1.29 is 9.90 Å². The molecule has 0 amide bonds. The summed E-state index contributed by atoms with van der Waals surface area (Å²) >= 11 is 0. The summed E-state index contributed by atoms with van der Waals surface area (Å²) in [5.41, 5.74) is 0. The second-order valence-electron chi connectivity index (χ2n) is 4.81. The molecule has 0 aromatic rings. The van der Waals surface area contributed by atoms with Gasteiger partial charge in [0.1, 0.15) is 0 Å². The normalized spacial score (nSPS) is 10.8. The highest BCUT2D eigenvalue weighted by molar-refractivity contribution is 5.66. The van der Waals surface area contributed by atoms with Crippen LogP contribution in [0.1, 0.15) is 32.6 Å². The number of likely N-dealkylation sites (N-methyl/N-ethyl adjacent to an activating group) is 1. The lowest BCUT2D eigenvalue weighted by Crippen LogP contribution is -2.35. The van der Waals surface area contributed by atoms with E-state index in [1.54, 1.807) is 0 Å². The van der Waals surface area contributed by atoms with Gasteiger partial charge in [0.25, 0.3) is 0 Å². The number of nitrogens with one attached hydrogen (secondary N) is 4. The minimum atomic E-state index is -0.693. The van der Waals surface area contributed by atoms with Crippen molar-refractivity contribution in [2.45, 2.75) is 32.6 Å². The Balaban J connectivity index is 2.94. The van der Waals surface area contributed by atoms with E-state index in [4.69, 9.17) is 5.11 Å². The Morgan fingerprint density at radius 2 is 1.25 bits per heavy atom. The van der Waals surface area contributed by atoms with E-state index in [2.05, 4.69) is 28.2 Å². The highest BCUT2D eigenvalue weighted by Crippen LogP contribution is 1.98. The van der Waals surface area contributed by atoms with Crippen LogP contribution in [0.5, 0.6) is 0 Å². The van der Waals surface area contributed by atoms with Crippen LogP contribution < -0.4 is 21.3 Å². The molecule has 0 spiro atoms. The van der Waals surface area contributed by atoms with Gasteiger partial charge in [0.2, 0.25) is 0 Å². The summed E-state index contributed by atoms with van der Waals surface area (Å²) in [6.07, 6.45) is 3.12. The molecular weight excluding hydrogens is 256 g/mol. The number of carbonyl (C=O) groups is 1. The smallest absolute Gasteiger partial charge is 0.303 e. The molecule has 6 nitrogen and oxygen atoms in total. The zero-order chi connectivity index (χ0) is 14.9. The van der Waals surface area contributed by atoms with Crippen molar-refractivity contribution in [2.75, 3.05) is 52.4 Å². The first-order valence-corrected chi connectivity index (χ1v) is 7.82. The van der Waals surface area contributed by atoms with E-state index < -0.39 is 5.97 Å². The van der Waals surface area contributed by atoms with Crippen molar-refractivity contribution in [3.05, 3.63) is 0 Å². The van der Waals surface area contributed by atoms with Crippen molar-refractivity contribution in [2.24, 2.45) is 0 Å². The first-order valence-electron chi connectivity index (χ1n) is 7.82. The average Bonchev–Trinajstić information content (AvgIpc) is 2.43. The molecule has 0 saturated heterocycles. The third-order valence-corrected chi connectivity index (χ3v) is 2.93. The Morgan fingerprint density at radius 3 is 1.75 bits per heavy atom. The number of hydrogen-bond donors (Lipinski definition) is 5. The molecule has 0 unspecified atom stereocenters. The van der Waals surface area contributed by atoms with E-state index in [1.807, 2.05) is 0 Å². The van der Waals surface area contributed by atoms with Crippen LogP contribution in [0.3, 0.4) is 0 Å². The van der Waals surface area contributed by atoms with Crippen LogP contribution in [0, 0.1) is 0 Å². The maximum Gasteiger partial charge on any atom is 0.303 e. The van der Waals surface area contributed by atoms with Crippen LogP contribution in [0.15, 0.2) is 0 Å². The number of hydrogen-bond acceptors (Lipinski definition) is 5. The van der Waals surface area contributed by atoms with Gasteiger partial charge in [-0.3, -0.25) is 4.79 Å². The minimum absolute atomic E-state index is 0.294. The Labute approximate surface area is 123 Å². The molecule has 0 bridgehead atoms. The Kier molecular flexibility index (Phi) is 15.8. The molecule has 0 saturated carbocycles. The lowest BCUT2D eigenvalue weighted by atomic mass is 10.2. The second kappa shape index (κ2) is 16.4. The van der Waals surface area contributed by atoms with Crippen LogP contribution in [0.2, 0.25) is 0 Å². The first-order chi connectivity index (χ1) is 9.77. The summed E-state index contributed by atoms with van der Waals surface area (Å²) in [5, 5.41) is 21.8. The topological polar surface area (TPSA) is 85.4 Å². The molecule has 0 fully saturated rings. The molecule has 0 aliphatic rings. The van der Waals surface area contributed by atoms with Gasteiger partial charge in [-0.2, -0.15) is 0 Å². The Hall–Kier alpha value is -0.690. The standard InChI is InChI=1S/C14H32N4O2/c1-2-15-8-9-17-12-13-18-11-10-16-7-5-3-4-6-14(19)20/h15-18H,2-13H2,1H3,(H,19,20). The van der Waals surface area contributed by atoms with E-state index in [1.165, 1.54) is 0 Å². The van der Waals surface area contributed by atoms with Crippen LogP contribution in [0.4, 0.5) is 0 Å². The first kappa shape index (κ1) is 19.3. The predicted octanol–water partition coefficient (Wildman–Crippen LogP) is 0.00970. The third kappa shape index (κ3) is 17.3. The number of carboxylic acids is 1. The molecule has 20 heavy (non-hydrogen) atoms. The van der Waals surface area contributed by atoms with Crippen molar-refractivity contribution in [3.63, 3.8) is 0 Å².